The summed E-state index contributed by atoms with van der Waals surface area (Å²) in [5, 5.41) is 9.28. The second-order valence-corrected chi connectivity index (χ2v) is 10.7. The molecule has 2 aromatic rings. The van der Waals surface area contributed by atoms with Crippen LogP contribution < -0.4 is 0 Å². The number of carbonyl (C=O) groups excluding carboxylic acids is 1. The van der Waals surface area contributed by atoms with E-state index >= 15 is 0 Å². The summed E-state index contributed by atoms with van der Waals surface area (Å²) in [6, 6.07) is 16.3. The summed E-state index contributed by atoms with van der Waals surface area (Å²) >= 11 is 0. The Bertz CT molecular complexity index is 1030. The minimum absolute atomic E-state index is 0.0444. The first-order valence-corrected chi connectivity index (χ1v) is 12.7. The number of hydrogen-bond acceptors (Lipinski definition) is 3. The zero-order valence-electron chi connectivity index (χ0n) is 20.8. The van der Waals surface area contributed by atoms with Crippen molar-refractivity contribution >= 4 is 11.9 Å². The first-order chi connectivity index (χ1) is 16.2. The van der Waals surface area contributed by atoms with Crippen LogP contribution >= 0.6 is 0 Å². The first-order valence-electron chi connectivity index (χ1n) is 12.7. The molecule has 2 aliphatic heterocycles. The van der Waals surface area contributed by atoms with E-state index in [0.717, 1.165) is 25.4 Å². The van der Waals surface area contributed by atoms with Gasteiger partial charge in [0.05, 0.1) is 5.41 Å². The van der Waals surface area contributed by atoms with Crippen molar-refractivity contribution in [2.45, 2.75) is 71.9 Å². The van der Waals surface area contributed by atoms with Gasteiger partial charge >= 0.3 is 5.97 Å². The third-order valence-electron chi connectivity index (χ3n) is 7.78. The van der Waals surface area contributed by atoms with Crippen molar-refractivity contribution in [1.29, 1.82) is 0 Å². The molecule has 1 amide bonds. The fourth-order valence-electron chi connectivity index (χ4n) is 5.09. The molecule has 1 N–H and O–H groups in total. The number of aliphatic carboxylic acids is 1. The van der Waals surface area contributed by atoms with Crippen molar-refractivity contribution in [3.8, 4) is 11.1 Å². The van der Waals surface area contributed by atoms with Gasteiger partial charge in [0.2, 0.25) is 5.91 Å². The summed E-state index contributed by atoms with van der Waals surface area (Å²) in [5.41, 5.74) is 5.47. The summed E-state index contributed by atoms with van der Waals surface area (Å²) in [5.74, 6) is -0.811. The highest BCUT2D eigenvalue weighted by atomic mass is 16.4. The minimum Gasteiger partial charge on any atom is -0.481 e. The molecule has 0 aliphatic carbocycles. The van der Waals surface area contributed by atoms with E-state index in [4.69, 9.17) is 0 Å². The summed E-state index contributed by atoms with van der Waals surface area (Å²) in [4.78, 5) is 28.5. The largest absolute Gasteiger partial charge is 0.481 e. The van der Waals surface area contributed by atoms with Crippen LogP contribution in [0.15, 0.2) is 42.5 Å². The Morgan fingerprint density at radius 3 is 2.44 bits per heavy atom. The van der Waals surface area contributed by atoms with Gasteiger partial charge in [0.1, 0.15) is 0 Å². The lowest BCUT2D eigenvalue weighted by Gasteiger charge is -2.30. The van der Waals surface area contributed by atoms with Crippen LogP contribution in [0.25, 0.3) is 11.1 Å². The number of fused-ring (bicyclic) bond motifs is 1. The molecule has 1 atom stereocenters. The molecular formula is C29H38N2O3. The summed E-state index contributed by atoms with van der Waals surface area (Å²) in [6.45, 7) is 9.36. The Kier molecular flexibility index (Phi) is 7.42. The van der Waals surface area contributed by atoms with E-state index in [9.17, 15) is 14.7 Å². The van der Waals surface area contributed by atoms with Crippen molar-refractivity contribution in [3.05, 3.63) is 59.2 Å². The maximum Gasteiger partial charge on any atom is 0.309 e. The molecule has 0 unspecified atom stereocenters. The fraction of sp³-hybridized carbons (Fsp3) is 0.517. The lowest BCUT2D eigenvalue weighted by Crippen LogP contribution is -2.37. The maximum atomic E-state index is 12.7. The Labute approximate surface area is 203 Å². The van der Waals surface area contributed by atoms with E-state index in [1.807, 2.05) is 4.90 Å². The van der Waals surface area contributed by atoms with Crippen molar-refractivity contribution in [1.82, 2.24) is 9.80 Å². The Hall–Kier alpha value is -2.66. The summed E-state index contributed by atoms with van der Waals surface area (Å²) in [7, 11) is 0. The molecule has 0 spiro atoms. The predicted octanol–water partition coefficient (Wildman–Crippen LogP) is 5.16. The van der Waals surface area contributed by atoms with Crippen LogP contribution in [0.1, 0.15) is 63.1 Å². The van der Waals surface area contributed by atoms with E-state index in [1.165, 1.54) is 47.2 Å². The van der Waals surface area contributed by atoms with E-state index in [1.54, 1.807) is 13.8 Å². The molecule has 0 radical (unpaired) electrons. The molecule has 0 bridgehead atoms. The van der Waals surface area contributed by atoms with Crippen LogP contribution in [0.4, 0.5) is 0 Å². The molecule has 182 valence electrons. The number of carboxylic acids is 1. The molecule has 2 aromatic carbocycles. The second kappa shape index (κ2) is 10.3. The number of likely N-dealkylation sites (tertiary alicyclic amines) is 1. The molecule has 0 aromatic heterocycles. The predicted molar refractivity (Wildman–Crippen MR) is 136 cm³/mol. The normalized spacial score (nSPS) is 18.7. The third-order valence-corrected chi connectivity index (χ3v) is 7.78. The van der Waals surface area contributed by atoms with Crippen LogP contribution in [-0.4, -0.2) is 52.5 Å². The van der Waals surface area contributed by atoms with Gasteiger partial charge in [-0.25, -0.2) is 0 Å². The quantitative estimate of drug-likeness (QED) is 0.589. The zero-order chi connectivity index (χ0) is 24.3. The molecule has 0 saturated carbocycles. The molecule has 1 saturated heterocycles. The molecule has 1 fully saturated rings. The van der Waals surface area contributed by atoms with Crippen LogP contribution in [0.2, 0.25) is 0 Å². The van der Waals surface area contributed by atoms with E-state index in [0.29, 0.717) is 19.5 Å². The van der Waals surface area contributed by atoms with Crippen molar-refractivity contribution in [2.75, 3.05) is 19.6 Å². The van der Waals surface area contributed by atoms with Gasteiger partial charge in [-0.15, -0.1) is 0 Å². The number of rotatable bonds is 8. The topological polar surface area (TPSA) is 60.9 Å². The van der Waals surface area contributed by atoms with Gasteiger partial charge in [0, 0.05) is 32.1 Å². The lowest BCUT2D eigenvalue weighted by molar-refractivity contribution is -0.147. The molecule has 2 aliphatic rings. The summed E-state index contributed by atoms with van der Waals surface area (Å²) in [6.07, 6.45) is 5.22. The van der Waals surface area contributed by atoms with Crippen LogP contribution in [0.3, 0.4) is 0 Å². The van der Waals surface area contributed by atoms with E-state index in [2.05, 4.69) is 54.3 Å². The molecule has 5 heteroatoms. The van der Waals surface area contributed by atoms with Crippen molar-refractivity contribution in [2.24, 2.45) is 5.41 Å². The number of hydrogen-bond donors (Lipinski definition) is 1. The molecular weight excluding hydrogens is 424 g/mol. The number of nitrogens with zero attached hydrogens (tertiary/aromatic N) is 2. The Balaban J connectivity index is 1.34. The van der Waals surface area contributed by atoms with Crippen LogP contribution in [0, 0.1) is 5.41 Å². The smallest absolute Gasteiger partial charge is 0.309 e. The van der Waals surface area contributed by atoms with E-state index in [-0.39, 0.29) is 12.3 Å². The van der Waals surface area contributed by atoms with Crippen molar-refractivity contribution in [3.63, 3.8) is 0 Å². The van der Waals surface area contributed by atoms with E-state index < -0.39 is 11.4 Å². The highest BCUT2D eigenvalue weighted by molar-refractivity contribution is 5.79. The SMILES string of the molecule is C[C@@H]1CCCN1CCc1ccc(-c2ccc3c(c2)CCN(C(=O)CCC(C)(C)C(=O)O)C3)cc1. The first kappa shape index (κ1) is 24.5. The van der Waals surface area contributed by atoms with Gasteiger partial charge in [0.25, 0.3) is 0 Å². The van der Waals surface area contributed by atoms with Crippen LogP contribution in [0.5, 0.6) is 0 Å². The fourth-order valence-corrected chi connectivity index (χ4v) is 5.09. The number of carboxylic acid groups (broad SMARTS) is 1. The monoisotopic (exact) mass is 462 g/mol. The van der Waals surface area contributed by atoms with Gasteiger partial charge < -0.3 is 14.9 Å². The average molecular weight is 463 g/mol. The maximum absolute atomic E-state index is 12.7. The minimum atomic E-state index is -0.875. The molecule has 4 rings (SSSR count). The van der Waals surface area contributed by atoms with Gasteiger partial charge in [-0.1, -0.05) is 42.5 Å². The standard InChI is InChI=1S/C29H38N2O3/c1-21-5-4-16-30(21)17-13-22-6-8-23(9-7-22)24-10-11-26-20-31(18-14-25(26)19-24)27(32)12-15-29(2,3)28(33)34/h6-11,19,21H,4-5,12-18,20H2,1-3H3,(H,33,34)/t21-/m1/s1. The Morgan fingerprint density at radius 1 is 1.03 bits per heavy atom. The highest BCUT2D eigenvalue weighted by Crippen LogP contribution is 2.28. The number of carbonyl (C=O) groups is 2. The molecule has 34 heavy (non-hydrogen) atoms. The van der Waals surface area contributed by atoms with Gasteiger partial charge in [-0.05, 0) is 87.2 Å². The Morgan fingerprint density at radius 2 is 1.76 bits per heavy atom. The number of benzene rings is 2. The molecule has 2 heterocycles. The average Bonchev–Trinajstić information content (AvgIpc) is 3.25. The van der Waals surface area contributed by atoms with Gasteiger partial charge in [-0.3, -0.25) is 9.59 Å². The van der Waals surface area contributed by atoms with Gasteiger partial charge in [0.15, 0.2) is 0 Å². The van der Waals surface area contributed by atoms with Crippen LogP contribution in [-0.2, 0) is 29.0 Å². The van der Waals surface area contributed by atoms with Gasteiger partial charge in [-0.2, -0.15) is 0 Å². The third kappa shape index (κ3) is 5.69. The lowest BCUT2D eigenvalue weighted by atomic mass is 9.87. The highest BCUT2D eigenvalue weighted by Gasteiger charge is 2.29. The zero-order valence-corrected chi connectivity index (χ0v) is 20.8. The molecule has 5 nitrogen and oxygen atoms in total. The summed E-state index contributed by atoms with van der Waals surface area (Å²) < 4.78 is 0. The second-order valence-electron chi connectivity index (χ2n) is 10.7. The number of amides is 1. The van der Waals surface area contributed by atoms with Crippen molar-refractivity contribution < 1.29 is 14.7 Å².